The summed E-state index contributed by atoms with van der Waals surface area (Å²) in [7, 11) is 0. The number of hydrogen-bond acceptors (Lipinski definition) is 1. The topological polar surface area (TPSA) is 9.23 Å². The first-order valence-corrected chi connectivity index (χ1v) is 7.32. The van der Waals surface area contributed by atoms with Crippen LogP contribution in [0.15, 0.2) is 24.3 Å². The molecule has 3 heteroatoms. The highest BCUT2D eigenvalue weighted by molar-refractivity contribution is 5.30. The summed E-state index contributed by atoms with van der Waals surface area (Å²) >= 11 is 0. The Bertz CT molecular complexity index is 474. The van der Waals surface area contributed by atoms with E-state index >= 15 is 0 Å². The van der Waals surface area contributed by atoms with Crippen molar-refractivity contribution in [3.63, 3.8) is 0 Å². The van der Waals surface area contributed by atoms with Crippen molar-refractivity contribution >= 4 is 0 Å². The first-order valence-electron chi connectivity index (χ1n) is 7.32. The van der Waals surface area contributed by atoms with Gasteiger partial charge in [-0.05, 0) is 63.0 Å². The first-order chi connectivity index (χ1) is 9.61. The molecule has 1 aliphatic rings. The summed E-state index contributed by atoms with van der Waals surface area (Å²) in [6.07, 6.45) is 8.85. The minimum atomic E-state index is -0.868. The van der Waals surface area contributed by atoms with E-state index in [0.717, 1.165) is 25.7 Å². The molecule has 1 saturated carbocycles. The molecule has 1 aliphatic carbocycles. The van der Waals surface area contributed by atoms with Crippen molar-refractivity contribution < 1.29 is 13.5 Å². The zero-order valence-electron chi connectivity index (χ0n) is 12.2. The number of hydrogen-bond donors (Lipinski definition) is 0. The molecule has 20 heavy (non-hydrogen) atoms. The lowest BCUT2D eigenvalue weighted by molar-refractivity contribution is 0.188. The van der Waals surface area contributed by atoms with Gasteiger partial charge in [0.1, 0.15) is 0 Å². The zero-order valence-corrected chi connectivity index (χ0v) is 12.2. The van der Waals surface area contributed by atoms with E-state index in [2.05, 4.69) is 12.2 Å². The van der Waals surface area contributed by atoms with Gasteiger partial charge in [0.25, 0.3) is 0 Å². The van der Waals surface area contributed by atoms with E-state index in [1.807, 2.05) is 6.92 Å². The second-order valence-electron chi connectivity index (χ2n) is 5.63. The van der Waals surface area contributed by atoms with Gasteiger partial charge >= 0.3 is 0 Å². The van der Waals surface area contributed by atoms with Crippen LogP contribution in [-0.2, 0) is 0 Å². The Morgan fingerprint density at radius 2 is 1.85 bits per heavy atom. The van der Waals surface area contributed by atoms with Crippen LogP contribution >= 0.6 is 0 Å². The molecule has 1 fully saturated rings. The number of halogens is 2. The molecule has 0 spiro atoms. The summed E-state index contributed by atoms with van der Waals surface area (Å²) in [5.41, 5.74) is 0.307. The quantitative estimate of drug-likeness (QED) is 0.702. The molecule has 1 aromatic carbocycles. The van der Waals surface area contributed by atoms with Crippen molar-refractivity contribution in [3.8, 4) is 5.75 Å². The molecule has 0 amide bonds. The number of aryl methyl sites for hydroxylation is 1. The van der Waals surface area contributed by atoms with Gasteiger partial charge in [-0.2, -0.15) is 4.39 Å². The normalized spacial score (nSPS) is 23.2. The summed E-state index contributed by atoms with van der Waals surface area (Å²) in [5, 5.41) is 0. The molecular formula is C17H22F2O. The van der Waals surface area contributed by atoms with Crippen molar-refractivity contribution in [1.82, 2.24) is 0 Å². The fraction of sp³-hybridized carbons (Fsp3) is 0.529. The molecule has 0 aliphatic heterocycles. The SMILES string of the molecule is C/C=C/C1CCC(COc2ccc(C)c(F)c2F)CC1. The smallest absolute Gasteiger partial charge is 0.200 e. The van der Waals surface area contributed by atoms with E-state index < -0.39 is 11.6 Å². The van der Waals surface area contributed by atoms with E-state index in [4.69, 9.17) is 4.74 Å². The Morgan fingerprint density at radius 1 is 1.15 bits per heavy atom. The van der Waals surface area contributed by atoms with Crippen molar-refractivity contribution in [2.24, 2.45) is 11.8 Å². The van der Waals surface area contributed by atoms with Gasteiger partial charge in [0, 0.05) is 0 Å². The van der Waals surface area contributed by atoms with Crippen molar-refractivity contribution in [2.75, 3.05) is 6.61 Å². The lowest BCUT2D eigenvalue weighted by Crippen LogP contribution is -2.19. The van der Waals surface area contributed by atoms with E-state index in [0.29, 0.717) is 24.0 Å². The summed E-state index contributed by atoms with van der Waals surface area (Å²) in [6, 6.07) is 3.07. The maximum Gasteiger partial charge on any atom is 0.200 e. The van der Waals surface area contributed by atoms with Crippen LogP contribution in [0.2, 0.25) is 0 Å². The van der Waals surface area contributed by atoms with E-state index in [1.54, 1.807) is 13.0 Å². The molecular weight excluding hydrogens is 258 g/mol. The summed E-state index contributed by atoms with van der Waals surface area (Å²) < 4.78 is 32.6. The highest BCUT2D eigenvalue weighted by Gasteiger charge is 2.21. The lowest BCUT2D eigenvalue weighted by Gasteiger charge is -2.26. The second kappa shape index (κ2) is 6.87. The van der Waals surface area contributed by atoms with Gasteiger partial charge in [-0.1, -0.05) is 18.2 Å². The zero-order chi connectivity index (χ0) is 14.5. The minimum Gasteiger partial charge on any atom is -0.490 e. The third-order valence-corrected chi connectivity index (χ3v) is 4.07. The van der Waals surface area contributed by atoms with Crippen molar-refractivity contribution in [3.05, 3.63) is 41.5 Å². The maximum atomic E-state index is 13.7. The van der Waals surface area contributed by atoms with Gasteiger partial charge < -0.3 is 4.74 Å². The van der Waals surface area contributed by atoms with Gasteiger partial charge in [-0.3, -0.25) is 0 Å². The predicted octanol–water partition coefficient (Wildman–Crippen LogP) is 5.03. The number of allylic oxidation sites excluding steroid dienone is 2. The molecule has 110 valence electrons. The van der Waals surface area contributed by atoms with Crippen LogP contribution in [0.3, 0.4) is 0 Å². The summed E-state index contributed by atoms with van der Waals surface area (Å²) in [6.45, 7) is 4.07. The van der Waals surface area contributed by atoms with Crippen LogP contribution in [0, 0.1) is 30.4 Å². The van der Waals surface area contributed by atoms with Gasteiger partial charge in [0.15, 0.2) is 11.6 Å². The third-order valence-electron chi connectivity index (χ3n) is 4.07. The van der Waals surface area contributed by atoms with Crippen LogP contribution in [0.4, 0.5) is 8.78 Å². The molecule has 0 unspecified atom stereocenters. The lowest BCUT2D eigenvalue weighted by atomic mass is 9.82. The Labute approximate surface area is 119 Å². The highest BCUT2D eigenvalue weighted by atomic mass is 19.2. The van der Waals surface area contributed by atoms with Crippen LogP contribution < -0.4 is 4.74 Å². The maximum absolute atomic E-state index is 13.7. The van der Waals surface area contributed by atoms with Crippen molar-refractivity contribution in [2.45, 2.75) is 39.5 Å². The molecule has 1 nitrogen and oxygen atoms in total. The molecule has 1 aromatic rings. The molecule has 0 heterocycles. The second-order valence-corrected chi connectivity index (χ2v) is 5.63. The highest BCUT2D eigenvalue weighted by Crippen LogP contribution is 2.31. The van der Waals surface area contributed by atoms with Gasteiger partial charge in [-0.15, -0.1) is 0 Å². The molecule has 0 saturated heterocycles. The van der Waals surface area contributed by atoms with Gasteiger partial charge in [0.2, 0.25) is 5.82 Å². The number of ether oxygens (including phenoxy) is 1. The van der Waals surface area contributed by atoms with E-state index in [9.17, 15) is 8.78 Å². The molecule has 0 atom stereocenters. The fourth-order valence-corrected chi connectivity index (χ4v) is 2.77. The van der Waals surface area contributed by atoms with Gasteiger partial charge in [0.05, 0.1) is 6.61 Å². The average Bonchev–Trinajstić information content (AvgIpc) is 2.46. The van der Waals surface area contributed by atoms with Crippen LogP contribution in [-0.4, -0.2) is 6.61 Å². The average molecular weight is 280 g/mol. The van der Waals surface area contributed by atoms with Gasteiger partial charge in [-0.25, -0.2) is 4.39 Å². The molecule has 2 rings (SSSR count). The monoisotopic (exact) mass is 280 g/mol. The van der Waals surface area contributed by atoms with Crippen LogP contribution in [0.5, 0.6) is 5.75 Å². The largest absolute Gasteiger partial charge is 0.490 e. The Kier molecular flexibility index (Phi) is 5.16. The Morgan fingerprint density at radius 3 is 2.50 bits per heavy atom. The van der Waals surface area contributed by atoms with Crippen molar-refractivity contribution in [1.29, 1.82) is 0 Å². The number of benzene rings is 1. The third kappa shape index (κ3) is 3.59. The molecule has 0 bridgehead atoms. The standard InChI is InChI=1S/C17H22F2O/c1-3-4-13-6-8-14(9-7-13)11-20-15-10-5-12(2)16(18)17(15)19/h3-5,10,13-14H,6-9,11H2,1-2H3/b4-3+. The van der Waals surface area contributed by atoms with E-state index in [1.165, 1.54) is 6.07 Å². The number of rotatable bonds is 4. The molecule has 0 N–H and O–H groups in total. The minimum absolute atomic E-state index is 0.0312. The van der Waals surface area contributed by atoms with Crippen LogP contribution in [0.25, 0.3) is 0 Å². The summed E-state index contributed by atoms with van der Waals surface area (Å²) in [4.78, 5) is 0. The Hall–Kier alpha value is -1.38. The first kappa shape index (κ1) is 15.0. The summed E-state index contributed by atoms with van der Waals surface area (Å²) in [5.74, 6) is -0.527. The predicted molar refractivity (Wildman–Crippen MR) is 76.9 cm³/mol. The Balaban J connectivity index is 1.86. The fourth-order valence-electron chi connectivity index (χ4n) is 2.77. The molecule has 0 aromatic heterocycles. The molecule has 0 radical (unpaired) electrons. The van der Waals surface area contributed by atoms with Crippen LogP contribution in [0.1, 0.15) is 38.2 Å². The van der Waals surface area contributed by atoms with E-state index in [-0.39, 0.29) is 5.75 Å².